The Morgan fingerprint density at radius 3 is 2.76 bits per heavy atom. The van der Waals surface area contributed by atoms with Crippen molar-refractivity contribution < 1.29 is 4.74 Å². The van der Waals surface area contributed by atoms with Crippen LogP contribution in [0.4, 0.5) is 0 Å². The molecule has 0 saturated heterocycles. The SMILES string of the molecule is COc1nc2ccc(Br)cc2cc1Cc1cccc(Cl)c1. The molecule has 0 spiro atoms. The number of pyridine rings is 1. The molecule has 0 unspecified atom stereocenters. The van der Waals surface area contributed by atoms with E-state index < -0.39 is 0 Å². The van der Waals surface area contributed by atoms with Crippen LogP contribution in [0.1, 0.15) is 11.1 Å². The largest absolute Gasteiger partial charge is 0.481 e. The van der Waals surface area contributed by atoms with Crippen molar-refractivity contribution in [3.63, 3.8) is 0 Å². The highest BCUT2D eigenvalue weighted by molar-refractivity contribution is 9.10. The minimum absolute atomic E-state index is 0.657. The first kappa shape index (κ1) is 14.4. The average Bonchev–Trinajstić information content (AvgIpc) is 2.46. The highest BCUT2D eigenvalue weighted by Crippen LogP contribution is 2.27. The van der Waals surface area contributed by atoms with Gasteiger partial charge in [0, 0.05) is 26.9 Å². The molecule has 2 aromatic carbocycles. The normalized spacial score (nSPS) is 10.8. The van der Waals surface area contributed by atoms with Crippen molar-refractivity contribution in [1.82, 2.24) is 4.98 Å². The Morgan fingerprint density at radius 1 is 1.14 bits per heavy atom. The van der Waals surface area contributed by atoms with Crippen LogP contribution in [-0.4, -0.2) is 12.1 Å². The lowest BCUT2D eigenvalue weighted by atomic mass is 10.0. The number of nitrogens with zero attached hydrogens (tertiary/aromatic N) is 1. The zero-order valence-corrected chi connectivity index (χ0v) is 13.8. The van der Waals surface area contributed by atoms with Crippen LogP contribution in [0.5, 0.6) is 5.88 Å². The van der Waals surface area contributed by atoms with Gasteiger partial charge in [0.05, 0.1) is 12.6 Å². The Bertz CT molecular complexity index is 804. The second kappa shape index (κ2) is 6.04. The minimum Gasteiger partial charge on any atom is -0.481 e. The number of benzene rings is 2. The molecule has 1 heterocycles. The molecule has 0 aliphatic rings. The maximum Gasteiger partial charge on any atom is 0.217 e. The molecule has 0 amide bonds. The van der Waals surface area contributed by atoms with Crippen LogP contribution >= 0.6 is 27.5 Å². The standard InChI is InChI=1S/C17H13BrClNO/c1-21-17-13(7-11-3-2-4-15(19)8-11)9-12-10-14(18)5-6-16(12)20-17/h2-6,8-10H,7H2,1H3. The van der Waals surface area contributed by atoms with Gasteiger partial charge in [-0.05, 0) is 42.0 Å². The summed E-state index contributed by atoms with van der Waals surface area (Å²) >= 11 is 9.54. The third-order valence-corrected chi connectivity index (χ3v) is 4.02. The van der Waals surface area contributed by atoms with Gasteiger partial charge in [0.1, 0.15) is 0 Å². The number of methoxy groups -OCH3 is 1. The fourth-order valence-corrected chi connectivity index (χ4v) is 2.94. The lowest BCUT2D eigenvalue weighted by Gasteiger charge is -2.10. The van der Waals surface area contributed by atoms with Gasteiger partial charge in [0.15, 0.2) is 0 Å². The summed E-state index contributed by atoms with van der Waals surface area (Å²) in [6, 6.07) is 16.0. The van der Waals surface area contributed by atoms with E-state index in [0.29, 0.717) is 5.88 Å². The van der Waals surface area contributed by atoms with E-state index in [1.165, 1.54) is 0 Å². The molecule has 0 radical (unpaired) electrons. The monoisotopic (exact) mass is 361 g/mol. The van der Waals surface area contributed by atoms with E-state index in [1.54, 1.807) is 7.11 Å². The molecule has 3 aromatic rings. The van der Waals surface area contributed by atoms with E-state index in [-0.39, 0.29) is 0 Å². The number of aromatic nitrogens is 1. The Labute approximate surface area is 136 Å². The first-order chi connectivity index (χ1) is 10.2. The number of hydrogen-bond acceptors (Lipinski definition) is 2. The van der Waals surface area contributed by atoms with Gasteiger partial charge in [-0.2, -0.15) is 0 Å². The van der Waals surface area contributed by atoms with Gasteiger partial charge in [0.2, 0.25) is 5.88 Å². The molecular formula is C17H13BrClNO. The minimum atomic E-state index is 0.657. The summed E-state index contributed by atoms with van der Waals surface area (Å²) in [6.07, 6.45) is 0.735. The molecule has 0 aliphatic carbocycles. The number of halogens is 2. The summed E-state index contributed by atoms with van der Waals surface area (Å²) in [5.41, 5.74) is 3.10. The predicted octanol–water partition coefficient (Wildman–Crippen LogP) is 5.25. The van der Waals surface area contributed by atoms with Crippen molar-refractivity contribution >= 4 is 38.4 Å². The fourth-order valence-electron chi connectivity index (χ4n) is 2.34. The fraction of sp³-hybridized carbons (Fsp3) is 0.118. The van der Waals surface area contributed by atoms with Crippen molar-refractivity contribution in [3.8, 4) is 5.88 Å². The van der Waals surface area contributed by atoms with Gasteiger partial charge in [-0.3, -0.25) is 0 Å². The Balaban J connectivity index is 2.07. The van der Waals surface area contributed by atoms with Crippen LogP contribution in [0.3, 0.4) is 0 Å². The molecule has 21 heavy (non-hydrogen) atoms. The second-order valence-corrected chi connectivity index (χ2v) is 6.15. The van der Waals surface area contributed by atoms with E-state index >= 15 is 0 Å². The van der Waals surface area contributed by atoms with Gasteiger partial charge in [-0.1, -0.05) is 39.7 Å². The Kier molecular flexibility index (Phi) is 4.13. The first-order valence-corrected chi connectivity index (χ1v) is 7.70. The highest BCUT2D eigenvalue weighted by Gasteiger charge is 2.09. The number of ether oxygens (including phenoxy) is 1. The number of hydrogen-bond donors (Lipinski definition) is 0. The summed E-state index contributed by atoms with van der Waals surface area (Å²) in [6.45, 7) is 0. The summed E-state index contributed by atoms with van der Waals surface area (Å²) in [5, 5.41) is 1.82. The van der Waals surface area contributed by atoms with Crippen molar-refractivity contribution in [3.05, 3.63) is 69.2 Å². The third kappa shape index (κ3) is 3.20. The molecule has 0 fully saturated rings. The Hall–Kier alpha value is -1.58. The van der Waals surface area contributed by atoms with Gasteiger partial charge in [-0.25, -0.2) is 4.98 Å². The maximum absolute atomic E-state index is 6.05. The van der Waals surface area contributed by atoms with Crippen molar-refractivity contribution in [1.29, 1.82) is 0 Å². The number of fused-ring (bicyclic) bond motifs is 1. The van der Waals surface area contributed by atoms with Crippen LogP contribution in [-0.2, 0) is 6.42 Å². The zero-order valence-electron chi connectivity index (χ0n) is 11.4. The zero-order chi connectivity index (χ0) is 14.8. The van der Waals surface area contributed by atoms with E-state index in [4.69, 9.17) is 16.3 Å². The van der Waals surface area contributed by atoms with E-state index in [1.807, 2.05) is 30.3 Å². The van der Waals surface area contributed by atoms with E-state index in [9.17, 15) is 0 Å². The summed E-state index contributed by atoms with van der Waals surface area (Å²) < 4.78 is 6.47. The molecule has 106 valence electrons. The van der Waals surface area contributed by atoms with Crippen LogP contribution < -0.4 is 4.74 Å². The van der Waals surface area contributed by atoms with Gasteiger partial charge < -0.3 is 4.74 Å². The van der Waals surface area contributed by atoms with Crippen molar-refractivity contribution in [2.24, 2.45) is 0 Å². The molecule has 1 aromatic heterocycles. The quantitative estimate of drug-likeness (QED) is 0.635. The molecule has 0 atom stereocenters. The molecule has 0 saturated carbocycles. The lowest BCUT2D eigenvalue weighted by Crippen LogP contribution is -1.97. The van der Waals surface area contributed by atoms with Gasteiger partial charge in [0.25, 0.3) is 0 Å². The molecular weight excluding hydrogens is 350 g/mol. The smallest absolute Gasteiger partial charge is 0.217 e. The summed E-state index contributed by atoms with van der Waals surface area (Å²) in [5.74, 6) is 0.657. The van der Waals surface area contributed by atoms with Crippen LogP contribution in [0.2, 0.25) is 5.02 Å². The summed E-state index contributed by atoms with van der Waals surface area (Å²) in [4.78, 5) is 4.58. The van der Waals surface area contributed by atoms with Crippen LogP contribution in [0.25, 0.3) is 10.9 Å². The topological polar surface area (TPSA) is 22.1 Å². The van der Waals surface area contributed by atoms with Gasteiger partial charge in [-0.15, -0.1) is 0 Å². The van der Waals surface area contributed by atoms with Crippen LogP contribution in [0, 0.1) is 0 Å². The maximum atomic E-state index is 6.05. The Morgan fingerprint density at radius 2 is 2.00 bits per heavy atom. The van der Waals surface area contributed by atoms with Crippen LogP contribution in [0.15, 0.2) is 53.0 Å². The molecule has 2 nitrogen and oxygen atoms in total. The second-order valence-electron chi connectivity index (χ2n) is 4.80. The third-order valence-electron chi connectivity index (χ3n) is 3.29. The summed E-state index contributed by atoms with van der Waals surface area (Å²) in [7, 11) is 1.65. The molecule has 0 bridgehead atoms. The number of rotatable bonds is 3. The first-order valence-electron chi connectivity index (χ1n) is 6.53. The molecule has 0 N–H and O–H groups in total. The highest BCUT2D eigenvalue weighted by atomic mass is 79.9. The molecule has 0 aliphatic heterocycles. The van der Waals surface area contributed by atoms with Crippen molar-refractivity contribution in [2.45, 2.75) is 6.42 Å². The van der Waals surface area contributed by atoms with E-state index in [0.717, 1.165) is 37.9 Å². The predicted molar refractivity (Wildman–Crippen MR) is 90.3 cm³/mol. The molecule has 3 rings (SSSR count). The van der Waals surface area contributed by atoms with E-state index in [2.05, 4.69) is 39.1 Å². The van der Waals surface area contributed by atoms with Crippen molar-refractivity contribution in [2.75, 3.05) is 7.11 Å². The molecule has 4 heteroatoms. The van der Waals surface area contributed by atoms with Gasteiger partial charge >= 0.3 is 0 Å². The lowest BCUT2D eigenvalue weighted by molar-refractivity contribution is 0.395. The average molecular weight is 363 g/mol.